The summed E-state index contributed by atoms with van der Waals surface area (Å²) in [5.41, 5.74) is 11.3. The third kappa shape index (κ3) is 2.54. The molecule has 0 unspecified atom stereocenters. The van der Waals surface area contributed by atoms with Crippen LogP contribution in [-0.4, -0.2) is 16.3 Å². The molecule has 1 aromatic rings. The van der Waals surface area contributed by atoms with Gasteiger partial charge in [0.15, 0.2) is 5.82 Å². The molecule has 1 aromatic heterocycles. The Hall–Kier alpha value is -1.81. The van der Waals surface area contributed by atoms with E-state index in [4.69, 9.17) is 16.7 Å². The zero-order chi connectivity index (χ0) is 13.1. The Balaban J connectivity index is 1.96. The second-order valence-corrected chi connectivity index (χ2v) is 5.25. The largest absolute Gasteiger partial charge is 0.382 e. The Morgan fingerprint density at radius 2 is 2.11 bits per heavy atom. The quantitative estimate of drug-likeness (QED) is 0.755. The van der Waals surface area contributed by atoms with E-state index in [2.05, 4.69) is 9.69 Å². The lowest BCUT2D eigenvalue weighted by Gasteiger charge is -2.27. The van der Waals surface area contributed by atoms with Crippen LogP contribution in [0.15, 0.2) is 0 Å². The molecule has 5 N–H and O–H groups in total. The van der Waals surface area contributed by atoms with Gasteiger partial charge in [0.05, 0.1) is 0 Å². The second-order valence-electron chi connectivity index (χ2n) is 4.48. The highest BCUT2D eigenvalue weighted by atomic mass is 32.1. The van der Waals surface area contributed by atoms with E-state index in [9.17, 15) is 4.79 Å². The Labute approximate surface area is 109 Å². The fraction of sp³-hybridized carbons (Fsp3) is 0.545. The smallest absolute Gasteiger partial charge is 0.220 e. The van der Waals surface area contributed by atoms with Gasteiger partial charge in [-0.25, -0.2) is 0 Å². The summed E-state index contributed by atoms with van der Waals surface area (Å²) < 4.78 is 3.96. The summed E-state index contributed by atoms with van der Waals surface area (Å²) in [7, 11) is 0. The molecule has 96 valence electrons. The molecule has 1 aliphatic carbocycles. The zero-order valence-electron chi connectivity index (χ0n) is 9.85. The number of hydrogen-bond donors (Lipinski definition) is 3. The molecule has 6 nitrogen and oxygen atoms in total. The lowest BCUT2D eigenvalue weighted by atomic mass is 9.85. The number of rotatable bonds is 3. The molecule has 0 spiro atoms. The van der Waals surface area contributed by atoms with E-state index in [-0.39, 0.29) is 23.7 Å². The van der Waals surface area contributed by atoms with Crippen molar-refractivity contribution in [2.75, 3.05) is 11.1 Å². The number of hydrogen-bond acceptors (Lipinski definition) is 6. The summed E-state index contributed by atoms with van der Waals surface area (Å²) in [6.07, 6.45) is 3.33. The maximum absolute atomic E-state index is 11.1. The van der Waals surface area contributed by atoms with Crippen molar-refractivity contribution in [2.45, 2.75) is 31.7 Å². The second kappa shape index (κ2) is 5.23. The Morgan fingerprint density at radius 1 is 1.44 bits per heavy atom. The third-order valence-corrected chi connectivity index (χ3v) is 4.09. The highest BCUT2D eigenvalue weighted by molar-refractivity contribution is 7.10. The van der Waals surface area contributed by atoms with Crippen molar-refractivity contribution >= 4 is 28.3 Å². The van der Waals surface area contributed by atoms with Crippen molar-refractivity contribution in [3.63, 3.8) is 0 Å². The van der Waals surface area contributed by atoms with Crippen LogP contribution in [0.4, 0.5) is 10.8 Å². The van der Waals surface area contributed by atoms with E-state index in [0.29, 0.717) is 5.56 Å². The van der Waals surface area contributed by atoms with Crippen LogP contribution in [0, 0.1) is 17.2 Å². The summed E-state index contributed by atoms with van der Waals surface area (Å²) >= 11 is 1.20. The van der Waals surface area contributed by atoms with E-state index in [1.165, 1.54) is 11.5 Å². The summed E-state index contributed by atoms with van der Waals surface area (Å²) in [5, 5.41) is 13.0. The number of nitrogens with one attached hydrogen (secondary N) is 1. The van der Waals surface area contributed by atoms with Crippen molar-refractivity contribution < 1.29 is 4.79 Å². The number of nitriles is 1. The molecule has 2 rings (SSSR count). The maximum atomic E-state index is 11.1. The minimum absolute atomic E-state index is 0.00924. The standard InChI is InChI=1S/C11H15N5OS/c12-5-8-9(13)16-18-11(8)15-7-3-1-6(2-4-7)10(14)17/h6-7,15H,1-4H2,(H2,13,16)(H2,14,17). The molecule has 1 fully saturated rings. The van der Waals surface area contributed by atoms with Crippen LogP contribution in [0.5, 0.6) is 0 Å². The summed E-state index contributed by atoms with van der Waals surface area (Å²) in [6.45, 7) is 0. The van der Waals surface area contributed by atoms with Crippen LogP contribution in [0.1, 0.15) is 31.2 Å². The Morgan fingerprint density at radius 3 is 2.67 bits per heavy atom. The third-order valence-electron chi connectivity index (χ3n) is 3.30. The van der Waals surface area contributed by atoms with Gasteiger partial charge in [0.1, 0.15) is 16.6 Å². The van der Waals surface area contributed by atoms with Crippen molar-refractivity contribution in [1.82, 2.24) is 4.37 Å². The first-order valence-electron chi connectivity index (χ1n) is 5.83. The molecular weight excluding hydrogens is 250 g/mol. The fourth-order valence-corrected chi connectivity index (χ4v) is 2.96. The van der Waals surface area contributed by atoms with Crippen LogP contribution in [-0.2, 0) is 4.79 Å². The Bertz CT molecular complexity index is 484. The number of nitrogen functional groups attached to an aromatic ring is 1. The fourth-order valence-electron chi connectivity index (χ4n) is 2.22. The normalized spacial score (nSPS) is 23.3. The maximum Gasteiger partial charge on any atom is 0.220 e. The van der Waals surface area contributed by atoms with E-state index >= 15 is 0 Å². The van der Waals surface area contributed by atoms with Gasteiger partial charge in [-0.05, 0) is 37.2 Å². The van der Waals surface area contributed by atoms with Crippen LogP contribution >= 0.6 is 11.5 Å². The van der Waals surface area contributed by atoms with Crippen LogP contribution in [0.25, 0.3) is 0 Å². The first-order chi connectivity index (χ1) is 8.61. The van der Waals surface area contributed by atoms with E-state index in [0.717, 1.165) is 30.7 Å². The van der Waals surface area contributed by atoms with Crippen molar-refractivity contribution in [1.29, 1.82) is 5.26 Å². The molecule has 0 aliphatic heterocycles. The summed E-state index contributed by atoms with van der Waals surface area (Å²) in [5.74, 6) is 0.0500. The predicted molar refractivity (Wildman–Crippen MR) is 69.8 cm³/mol. The van der Waals surface area contributed by atoms with Crippen LogP contribution in [0.3, 0.4) is 0 Å². The number of primary amides is 1. The molecule has 0 radical (unpaired) electrons. The first-order valence-corrected chi connectivity index (χ1v) is 6.60. The molecule has 0 saturated heterocycles. The van der Waals surface area contributed by atoms with Gasteiger partial charge in [-0.1, -0.05) is 0 Å². The van der Waals surface area contributed by atoms with Gasteiger partial charge in [0.2, 0.25) is 5.91 Å². The SMILES string of the molecule is N#Cc1c(N)nsc1NC1CCC(C(N)=O)CC1. The predicted octanol–water partition coefficient (Wildman–Crippen LogP) is 1.05. The number of carbonyl (C=O) groups excluding carboxylic acids is 1. The number of nitrogens with two attached hydrogens (primary N) is 2. The van der Waals surface area contributed by atoms with Gasteiger partial charge in [-0.15, -0.1) is 0 Å². The van der Waals surface area contributed by atoms with E-state index in [1.54, 1.807) is 0 Å². The van der Waals surface area contributed by atoms with Gasteiger partial charge < -0.3 is 16.8 Å². The number of nitrogens with zero attached hydrogens (tertiary/aromatic N) is 2. The van der Waals surface area contributed by atoms with Crippen molar-refractivity contribution in [3.05, 3.63) is 5.56 Å². The highest BCUT2D eigenvalue weighted by Crippen LogP contribution is 2.31. The lowest BCUT2D eigenvalue weighted by molar-refractivity contribution is -0.122. The molecule has 18 heavy (non-hydrogen) atoms. The molecule has 1 aliphatic rings. The monoisotopic (exact) mass is 265 g/mol. The molecule has 7 heteroatoms. The first kappa shape index (κ1) is 12.6. The van der Waals surface area contributed by atoms with Gasteiger partial charge in [-0.3, -0.25) is 4.79 Å². The molecule has 1 amide bonds. The van der Waals surface area contributed by atoms with Gasteiger partial charge in [0.25, 0.3) is 0 Å². The van der Waals surface area contributed by atoms with Crippen LogP contribution in [0.2, 0.25) is 0 Å². The zero-order valence-corrected chi connectivity index (χ0v) is 10.7. The lowest BCUT2D eigenvalue weighted by Crippen LogP contribution is -2.32. The van der Waals surface area contributed by atoms with Crippen LogP contribution < -0.4 is 16.8 Å². The summed E-state index contributed by atoms with van der Waals surface area (Å²) in [4.78, 5) is 11.1. The highest BCUT2D eigenvalue weighted by Gasteiger charge is 2.25. The average Bonchev–Trinajstić information content (AvgIpc) is 2.70. The molecule has 1 heterocycles. The molecule has 0 atom stereocenters. The van der Waals surface area contributed by atoms with Gasteiger partial charge in [0, 0.05) is 12.0 Å². The molecule has 0 bridgehead atoms. The Kier molecular flexibility index (Phi) is 3.67. The number of anilines is 2. The molecular formula is C11H15N5OS. The number of aromatic nitrogens is 1. The number of amides is 1. The van der Waals surface area contributed by atoms with Gasteiger partial charge in [-0.2, -0.15) is 9.64 Å². The van der Waals surface area contributed by atoms with Crippen molar-refractivity contribution in [2.24, 2.45) is 11.7 Å². The van der Waals surface area contributed by atoms with E-state index in [1.807, 2.05) is 6.07 Å². The average molecular weight is 265 g/mol. The minimum atomic E-state index is -0.215. The molecule has 0 aromatic carbocycles. The topological polar surface area (TPSA) is 118 Å². The minimum Gasteiger partial charge on any atom is -0.382 e. The van der Waals surface area contributed by atoms with Crippen molar-refractivity contribution in [3.8, 4) is 6.07 Å². The van der Waals surface area contributed by atoms with Gasteiger partial charge >= 0.3 is 0 Å². The molecule has 1 saturated carbocycles. The summed E-state index contributed by atoms with van der Waals surface area (Å²) in [6, 6.07) is 2.30. The number of carbonyl (C=O) groups is 1. The van der Waals surface area contributed by atoms with E-state index < -0.39 is 0 Å².